The summed E-state index contributed by atoms with van der Waals surface area (Å²) < 4.78 is 0. The molecule has 2 N–H and O–H groups in total. The maximum atomic E-state index is 11.8. The molecular formula is C23H44N2O3. The number of aliphatic carboxylic acids is 1. The Hall–Kier alpha value is -1.36. The summed E-state index contributed by atoms with van der Waals surface area (Å²) in [4.78, 5) is 24.6. The van der Waals surface area contributed by atoms with Crippen molar-refractivity contribution in [2.45, 2.75) is 103 Å². The molecule has 0 heterocycles. The number of allylic oxidation sites excluding steroid dienone is 2. The fraction of sp³-hybridized carbons (Fsp3) is 0.826. The monoisotopic (exact) mass is 396 g/mol. The summed E-state index contributed by atoms with van der Waals surface area (Å²) in [6.07, 6.45) is 19.6. The van der Waals surface area contributed by atoms with Crippen LogP contribution in [-0.2, 0) is 9.59 Å². The number of carbonyl (C=O) groups excluding carboxylic acids is 1. The van der Waals surface area contributed by atoms with Crippen LogP contribution in [0.3, 0.4) is 0 Å². The SMILES string of the molecule is CCCCCC/C=C/CCCCCCC(=O)NCCCC[C@@H](C(=O)O)N(C)C. The van der Waals surface area contributed by atoms with Crippen LogP contribution in [0.4, 0.5) is 0 Å². The summed E-state index contributed by atoms with van der Waals surface area (Å²) in [5, 5.41) is 12.1. The fourth-order valence-corrected chi connectivity index (χ4v) is 3.21. The lowest BCUT2D eigenvalue weighted by Crippen LogP contribution is -2.35. The number of likely N-dealkylation sites (N-methyl/N-ethyl adjacent to an activating group) is 1. The maximum Gasteiger partial charge on any atom is 0.320 e. The van der Waals surface area contributed by atoms with Crippen LogP contribution in [-0.4, -0.2) is 48.6 Å². The van der Waals surface area contributed by atoms with E-state index >= 15 is 0 Å². The first kappa shape index (κ1) is 26.6. The number of hydrogen-bond donors (Lipinski definition) is 2. The number of carboxylic acids is 1. The second-order valence-corrected chi connectivity index (χ2v) is 7.94. The number of unbranched alkanes of at least 4 members (excludes halogenated alkanes) is 9. The van der Waals surface area contributed by atoms with Crippen molar-refractivity contribution in [1.82, 2.24) is 10.2 Å². The Bertz CT molecular complexity index is 422. The summed E-state index contributed by atoms with van der Waals surface area (Å²) in [7, 11) is 3.57. The molecule has 0 aromatic rings. The number of hydrogen-bond acceptors (Lipinski definition) is 3. The third kappa shape index (κ3) is 16.8. The fourth-order valence-electron chi connectivity index (χ4n) is 3.21. The van der Waals surface area contributed by atoms with Crippen molar-refractivity contribution in [1.29, 1.82) is 0 Å². The van der Waals surface area contributed by atoms with Gasteiger partial charge in [0.05, 0.1) is 0 Å². The second kappa shape index (κ2) is 19.0. The predicted octanol–water partition coefficient (Wildman–Crippen LogP) is 5.15. The van der Waals surface area contributed by atoms with Gasteiger partial charge in [-0.2, -0.15) is 0 Å². The molecule has 0 aliphatic carbocycles. The molecule has 0 saturated carbocycles. The Morgan fingerprint density at radius 3 is 2.07 bits per heavy atom. The zero-order chi connectivity index (χ0) is 21.0. The van der Waals surface area contributed by atoms with Crippen LogP contribution in [0.1, 0.15) is 96.8 Å². The van der Waals surface area contributed by atoms with Crippen molar-refractivity contribution in [3.05, 3.63) is 12.2 Å². The average Bonchev–Trinajstić information content (AvgIpc) is 2.64. The molecule has 1 atom stereocenters. The van der Waals surface area contributed by atoms with E-state index in [4.69, 9.17) is 5.11 Å². The number of nitrogens with zero attached hydrogens (tertiary/aromatic N) is 1. The zero-order valence-corrected chi connectivity index (χ0v) is 18.5. The molecule has 28 heavy (non-hydrogen) atoms. The maximum absolute atomic E-state index is 11.8. The van der Waals surface area contributed by atoms with Gasteiger partial charge in [0.2, 0.25) is 5.91 Å². The van der Waals surface area contributed by atoms with Crippen LogP contribution in [0, 0.1) is 0 Å². The minimum Gasteiger partial charge on any atom is -0.480 e. The van der Waals surface area contributed by atoms with Crippen molar-refractivity contribution in [2.24, 2.45) is 0 Å². The summed E-state index contributed by atoms with van der Waals surface area (Å²) in [5.74, 6) is -0.661. The Morgan fingerprint density at radius 1 is 0.893 bits per heavy atom. The Kier molecular flexibility index (Phi) is 18.1. The molecule has 0 aliphatic heterocycles. The van der Waals surface area contributed by atoms with E-state index in [0.29, 0.717) is 19.4 Å². The van der Waals surface area contributed by atoms with Gasteiger partial charge in [-0.3, -0.25) is 14.5 Å². The van der Waals surface area contributed by atoms with Crippen LogP contribution in [0.15, 0.2) is 12.2 Å². The van der Waals surface area contributed by atoms with Crippen LogP contribution < -0.4 is 5.32 Å². The first-order valence-electron chi connectivity index (χ1n) is 11.3. The largest absolute Gasteiger partial charge is 0.480 e. The van der Waals surface area contributed by atoms with Gasteiger partial charge in [-0.15, -0.1) is 0 Å². The smallest absolute Gasteiger partial charge is 0.320 e. The number of nitrogens with one attached hydrogen (secondary N) is 1. The van der Waals surface area contributed by atoms with Crippen LogP contribution in [0.25, 0.3) is 0 Å². The van der Waals surface area contributed by atoms with E-state index in [0.717, 1.165) is 32.1 Å². The lowest BCUT2D eigenvalue weighted by molar-refractivity contribution is -0.142. The van der Waals surface area contributed by atoms with Gasteiger partial charge in [-0.25, -0.2) is 0 Å². The molecule has 0 unspecified atom stereocenters. The first-order chi connectivity index (χ1) is 13.5. The minimum atomic E-state index is -0.781. The number of carboxylic acid groups (broad SMARTS) is 1. The highest BCUT2D eigenvalue weighted by Crippen LogP contribution is 2.08. The quantitative estimate of drug-likeness (QED) is 0.234. The highest BCUT2D eigenvalue weighted by Gasteiger charge is 2.18. The highest BCUT2D eigenvalue weighted by molar-refractivity contribution is 5.75. The Balaban J connectivity index is 3.44. The molecule has 0 aliphatic rings. The molecular weight excluding hydrogens is 352 g/mol. The van der Waals surface area contributed by atoms with Crippen molar-refractivity contribution in [3.63, 3.8) is 0 Å². The first-order valence-corrected chi connectivity index (χ1v) is 11.3. The molecule has 0 spiro atoms. The molecule has 1 amide bonds. The number of rotatable bonds is 19. The predicted molar refractivity (Wildman–Crippen MR) is 118 cm³/mol. The second-order valence-electron chi connectivity index (χ2n) is 7.94. The van der Waals surface area contributed by atoms with E-state index in [1.807, 2.05) is 0 Å². The Morgan fingerprint density at radius 2 is 1.50 bits per heavy atom. The number of amides is 1. The topological polar surface area (TPSA) is 69.6 Å². The van der Waals surface area contributed by atoms with Gasteiger partial charge in [0.1, 0.15) is 6.04 Å². The lowest BCUT2D eigenvalue weighted by Gasteiger charge is -2.19. The van der Waals surface area contributed by atoms with Crippen LogP contribution >= 0.6 is 0 Å². The van der Waals surface area contributed by atoms with Crippen molar-refractivity contribution in [2.75, 3.05) is 20.6 Å². The van der Waals surface area contributed by atoms with Gasteiger partial charge in [0.15, 0.2) is 0 Å². The van der Waals surface area contributed by atoms with E-state index < -0.39 is 12.0 Å². The third-order valence-corrected chi connectivity index (χ3v) is 5.05. The normalized spacial score (nSPS) is 12.6. The van der Waals surface area contributed by atoms with Gasteiger partial charge in [-0.05, 0) is 65.5 Å². The summed E-state index contributed by atoms with van der Waals surface area (Å²) >= 11 is 0. The summed E-state index contributed by atoms with van der Waals surface area (Å²) in [5.41, 5.74) is 0. The van der Waals surface area contributed by atoms with Crippen LogP contribution in [0.5, 0.6) is 0 Å². The van der Waals surface area contributed by atoms with Crippen LogP contribution in [0.2, 0.25) is 0 Å². The summed E-state index contributed by atoms with van der Waals surface area (Å²) in [6, 6.07) is -0.438. The van der Waals surface area contributed by atoms with Crippen molar-refractivity contribution < 1.29 is 14.7 Å². The molecule has 0 aromatic carbocycles. The molecule has 0 saturated heterocycles. The van der Waals surface area contributed by atoms with E-state index in [1.54, 1.807) is 19.0 Å². The third-order valence-electron chi connectivity index (χ3n) is 5.05. The minimum absolute atomic E-state index is 0.120. The lowest BCUT2D eigenvalue weighted by atomic mass is 10.1. The standard InChI is InChI=1S/C23H44N2O3/c1-4-5-6-7-8-9-10-11-12-13-14-15-19-22(26)24-20-17-16-18-21(23(27)28)25(2)3/h9-10,21H,4-8,11-20H2,1-3H3,(H,24,26)(H,27,28)/b10-9+/t21-/m0/s1. The van der Waals surface area contributed by atoms with Gasteiger partial charge < -0.3 is 10.4 Å². The van der Waals surface area contributed by atoms with Gasteiger partial charge in [0.25, 0.3) is 0 Å². The molecule has 0 rings (SSSR count). The number of carbonyl (C=O) groups is 2. The Labute approximate surface area is 173 Å². The van der Waals surface area contributed by atoms with E-state index in [-0.39, 0.29) is 5.91 Å². The van der Waals surface area contributed by atoms with Gasteiger partial charge >= 0.3 is 5.97 Å². The molecule has 0 aromatic heterocycles. The molecule has 5 heteroatoms. The van der Waals surface area contributed by atoms with E-state index in [9.17, 15) is 9.59 Å². The zero-order valence-electron chi connectivity index (χ0n) is 18.5. The van der Waals surface area contributed by atoms with Crippen molar-refractivity contribution in [3.8, 4) is 0 Å². The molecule has 164 valence electrons. The molecule has 0 bridgehead atoms. The molecule has 0 fully saturated rings. The van der Waals surface area contributed by atoms with E-state index in [2.05, 4.69) is 24.4 Å². The highest BCUT2D eigenvalue weighted by atomic mass is 16.4. The molecule has 0 radical (unpaired) electrons. The summed E-state index contributed by atoms with van der Waals surface area (Å²) in [6.45, 7) is 2.88. The van der Waals surface area contributed by atoms with E-state index in [1.165, 1.54) is 44.9 Å². The van der Waals surface area contributed by atoms with Gasteiger partial charge in [-0.1, -0.05) is 51.2 Å². The van der Waals surface area contributed by atoms with Crippen molar-refractivity contribution >= 4 is 11.9 Å². The average molecular weight is 397 g/mol. The van der Waals surface area contributed by atoms with Gasteiger partial charge in [0, 0.05) is 13.0 Å². The molecule has 5 nitrogen and oxygen atoms in total.